The SMILES string of the molecule is O=C(CCc1ccc(S(=O)(=O)N2CCCCC2)cc1)NCc1ccco1. The van der Waals surface area contributed by atoms with Crippen molar-refractivity contribution in [2.24, 2.45) is 0 Å². The fraction of sp³-hybridized carbons (Fsp3) is 0.421. The van der Waals surface area contributed by atoms with Crippen LogP contribution in [0.1, 0.15) is 37.0 Å². The molecule has 0 spiro atoms. The van der Waals surface area contributed by atoms with Crippen LogP contribution in [-0.2, 0) is 27.8 Å². The maximum Gasteiger partial charge on any atom is 0.243 e. The third kappa shape index (κ3) is 4.74. The molecule has 1 aliphatic heterocycles. The summed E-state index contributed by atoms with van der Waals surface area (Å²) in [5.74, 6) is 0.650. The maximum absolute atomic E-state index is 12.6. The molecule has 26 heavy (non-hydrogen) atoms. The summed E-state index contributed by atoms with van der Waals surface area (Å²) in [5.41, 5.74) is 0.941. The number of piperidine rings is 1. The number of carbonyl (C=O) groups is 1. The number of rotatable bonds is 7. The highest BCUT2D eigenvalue weighted by Gasteiger charge is 2.25. The van der Waals surface area contributed by atoms with E-state index >= 15 is 0 Å². The highest BCUT2D eigenvalue weighted by Crippen LogP contribution is 2.21. The van der Waals surface area contributed by atoms with Gasteiger partial charge < -0.3 is 9.73 Å². The van der Waals surface area contributed by atoms with E-state index < -0.39 is 10.0 Å². The van der Waals surface area contributed by atoms with Gasteiger partial charge in [0.25, 0.3) is 0 Å². The van der Waals surface area contributed by atoms with Crippen LogP contribution in [0.25, 0.3) is 0 Å². The van der Waals surface area contributed by atoms with Gasteiger partial charge >= 0.3 is 0 Å². The molecule has 0 bridgehead atoms. The van der Waals surface area contributed by atoms with Gasteiger partial charge in [0.15, 0.2) is 0 Å². The van der Waals surface area contributed by atoms with Crippen LogP contribution in [0, 0.1) is 0 Å². The fourth-order valence-electron chi connectivity index (χ4n) is 3.03. The lowest BCUT2D eigenvalue weighted by atomic mass is 10.1. The molecule has 1 aromatic carbocycles. The lowest BCUT2D eigenvalue weighted by Gasteiger charge is -2.25. The predicted octanol–water partition coefficient (Wildman–Crippen LogP) is 2.70. The number of furan rings is 1. The van der Waals surface area contributed by atoms with Gasteiger partial charge in [-0.2, -0.15) is 4.31 Å². The number of benzene rings is 1. The lowest BCUT2D eigenvalue weighted by Crippen LogP contribution is -2.35. The normalized spacial score (nSPS) is 15.7. The molecule has 1 aliphatic rings. The molecule has 2 aromatic rings. The number of amides is 1. The summed E-state index contributed by atoms with van der Waals surface area (Å²) < 4.78 is 32.0. The quantitative estimate of drug-likeness (QED) is 0.806. The van der Waals surface area contributed by atoms with E-state index in [0.29, 0.717) is 43.1 Å². The van der Waals surface area contributed by atoms with Gasteiger partial charge in [0, 0.05) is 19.5 Å². The van der Waals surface area contributed by atoms with Crippen LogP contribution >= 0.6 is 0 Å². The fourth-order valence-corrected chi connectivity index (χ4v) is 4.54. The minimum Gasteiger partial charge on any atom is -0.467 e. The van der Waals surface area contributed by atoms with Crippen molar-refractivity contribution in [3.8, 4) is 0 Å². The number of nitrogens with one attached hydrogen (secondary N) is 1. The van der Waals surface area contributed by atoms with Crippen molar-refractivity contribution in [3.05, 3.63) is 54.0 Å². The van der Waals surface area contributed by atoms with Gasteiger partial charge in [-0.1, -0.05) is 18.6 Å². The molecule has 3 rings (SSSR count). The van der Waals surface area contributed by atoms with Crippen molar-refractivity contribution in [1.82, 2.24) is 9.62 Å². The number of aryl methyl sites for hydroxylation is 1. The van der Waals surface area contributed by atoms with Crippen molar-refractivity contribution in [1.29, 1.82) is 0 Å². The van der Waals surface area contributed by atoms with E-state index in [4.69, 9.17) is 4.42 Å². The maximum atomic E-state index is 12.6. The number of hydrogen-bond acceptors (Lipinski definition) is 4. The Hall–Kier alpha value is -2.12. The third-order valence-corrected chi connectivity index (χ3v) is 6.47. The molecule has 2 heterocycles. The number of hydrogen-bond donors (Lipinski definition) is 1. The molecule has 1 saturated heterocycles. The topological polar surface area (TPSA) is 79.6 Å². The van der Waals surface area contributed by atoms with Gasteiger partial charge in [-0.25, -0.2) is 8.42 Å². The smallest absolute Gasteiger partial charge is 0.243 e. The van der Waals surface area contributed by atoms with E-state index in [1.165, 1.54) is 0 Å². The van der Waals surface area contributed by atoms with Crippen LogP contribution in [0.4, 0.5) is 0 Å². The molecule has 0 aliphatic carbocycles. The summed E-state index contributed by atoms with van der Waals surface area (Å²) in [5, 5.41) is 2.80. The highest BCUT2D eigenvalue weighted by molar-refractivity contribution is 7.89. The Labute approximate surface area is 154 Å². The first-order valence-corrected chi connectivity index (χ1v) is 10.4. The van der Waals surface area contributed by atoms with Gasteiger partial charge in [0.05, 0.1) is 17.7 Å². The summed E-state index contributed by atoms with van der Waals surface area (Å²) in [4.78, 5) is 12.2. The zero-order valence-electron chi connectivity index (χ0n) is 14.7. The number of carbonyl (C=O) groups excluding carboxylic acids is 1. The third-order valence-electron chi connectivity index (χ3n) is 4.56. The van der Waals surface area contributed by atoms with Crippen LogP contribution in [0.5, 0.6) is 0 Å². The molecule has 7 heteroatoms. The molecule has 1 N–H and O–H groups in total. The Morgan fingerprint density at radius 2 is 1.81 bits per heavy atom. The van der Waals surface area contributed by atoms with Crippen LogP contribution in [0.2, 0.25) is 0 Å². The number of nitrogens with zero attached hydrogens (tertiary/aromatic N) is 1. The summed E-state index contributed by atoms with van der Waals surface area (Å²) in [7, 11) is -3.40. The molecular weight excluding hydrogens is 352 g/mol. The van der Waals surface area contributed by atoms with Crippen LogP contribution in [0.15, 0.2) is 52.0 Å². The highest BCUT2D eigenvalue weighted by atomic mass is 32.2. The van der Waals surface area contributed by atoms with Gasteiger partial charge in [-0.3, -0.25) is 4.79 Å². The Bertz CT molecular complexity index is 808. The first-order valence-electron chi connectivity index (χ1n) is 8.94. The second kappa shape index (κ2) is 8.51. The standard InChI is InChI=1S/C19H24N2O4S/c22-19(20-15-17-5-4-14-25-17)11-8-16-6-9-18(10-7-16)26(23,24)21-12-2-1-3-13-21/h4-7,9-10,14H,1-3,8,11-13,15H2,(H,20,22). The van der Waals surface area contributed by atoms with Crippen molar-refractivity contribution >= 4 is 15.9 Å². The lowest BCUT2D eigenvalue weighted by molar-refractivity contribution is -0.121. The van der Waals surface area contributed by atoms with E-state index in [-0.39, 0.29) is 5.91 Å². The van der Waals surface area contributed by atoms with Crippen molar-refractivity contribution in [2.45, 2.75) is 43.5 Å². The van der Waals surface area contributed by atoms with Gasteiger partial charge in [0.2, 0.25) is 15.9 Å². The van der Waals surface area contributed by atoms with Crippen LogP contribution in [-0.4, -0.2) is 31.7 Å². The van der Waals surface area contributed by atoms with Crippen LogP contribution in [0.3, 0.4) is 0 Å². The average molecular weight is 376 g/mol. The average Bonchev–Trinajstić information content (AvgIpc) is 3.19. The number of sulfonamides is 1. The minimum atomic E-state index is -3.40. The largest absolute Gasteiger partial charge is 0.467 e. The summed E-state index contributed by atoms with van der Waals surface area (Å²) in [6.45, 7) is 1.57. The Balaban J connectivity index is 1.51. The van der Waals surface area contributed by atoms with E-state index in [0.717, 1.165) is 24.8 Å². The molecule has 140 valence electrons. The van der Waals surface area contributed by atoms with Gasteiger partial charge in [-0.15, -0.1) is 0 Å². The Morgan fingerprint density at radius 1 is 1.08 bits per heavy atom. The van der Waals surface area contributed by atoms with E-state index in [1.54, 1.807) is 40.9 Å². The van der Waals surface area contributed by atoms with Gasteiger partial charge in [-0.05, 0) is 49.1 Å². The van der Waals surface area contributed by atoms with Crippen LogP contribution < -0.4 is 5.32 Å². The van der Waals surface area contributed by atoms with Crippen molar-refractivity contribution < 1.29 is 17.6 Å². The molecule has 1 fully saturated rings. The molecule has 0 unspecified atom stereocenters. The molecular formula is C19H24N2O4S. The van der Waals surface area contributed by atoms with E-state index in [2.05, 4.69) is 5.32 Å². The second-order valence-electron chi connectivity index (χ2n) is 6.46. The minimum absolute atomic E-state index is 0.0635. The summed E-state index contributed by atoms with van der Waals surface area (Å²) in [6.07, 6.45) is 5.41. The van der Waals surface area contributed by atoms with Gasteiger partial charge in [0.1, 0.15) is 5.76 Å². The molecule has 0 atom stereocenters. The first-order chi connectivity index (χ1) is 12.6. The molecule has 1 amide bonds. The molecule has 0 radical (unpaired) electrons. The summed E-state index contributed by atoms with van der Waals surface area (Å²) in [6, 6.07) is 10.4. The second-order valence-corrected chi connectivity index (χ2v) is 8.40. The zero-order chi connectivity index (χ0) is 18.4. The molecule has 1 aromatic heterocycles. The van der Waals surface area contributed by atoms with Crippen molar-refractivity contribution in [2.75, 3.05) is 13.1 Å². The van der Waals surface area contributed by atoms with E-state index in [1.807, 2.05) is 6.07 Å². The summed E-state index contributed by atoms with van der Waals surface area (Å²) >= 11 is 0. The molecule has 6 nitrogen and oxygen atoms in total. The zero-order valence-corrected chi connectivity index (χ0v) is 15.5. The monoisotopic (exact) mass is 376 g/mol. The predicted molar refractivity (Wildman–Crippen MR) is 97.9 cm³/mol. The Kier molecular flexibility index (Phi) is 6.11. The molecule has 0 saturated carbocycles. The Morgan fingerprint density at radius 3 is 2.46 bits per heavy atom. The van der Waals surface area contributed by atoms with Crippen molar-refractivity contribution in [3.63, 3.8) is 0 Å². The first kappa shape index (κ1) is 18.7. The van der Waals surface area contributed by atoms with E-state index in [9.17, 15) is 13.2 Å².